The Morgan fingerprint density at radius 2 is 1.73 bits per heavy atom. The van der Waals surface area contributed by atoms with Gasteiger partial charge in [0.05, 0.1) is 19.1 Å². The molecule has 1 aliphatic heterocycles. The Labute approximate surface area is 176 Å². The molecule has 0 unspecified atom stereocenters. The van der Waals surface area contributed by atoms with E-state index < -0.39 is 5.97 Å². The fourth-order valence-electron chi connectivity index (χ4n) is 4.26. The monoisotopic (exact) mass is 417 g/mol. The Kier molecular flexibility index (Phi) is 7.56. The SMILES string of the molecule is Cc1cc(F)ccc1C(COCCN1CCC[C@@H](C(=O)O)C1)c1ccc(F)cc1C. The van der Waals surface area contributed by atoms with Crippen molar-refractivity contribution in [1.82, 2.24) is 4.90 Å². The van der Waals surface area contributed by atoms with Crippen molar-refractivity contribution < 1.29 is 23.4 Å². The molecule has 0 aromatic heterocycles. The number of piperidine rings is 1. The molecule has 0 bridgehead atoms. The maximum absolute atomic E-state index is 13.6. The first-order valence-electron chi connectivity index (χ1n) is 10.4. The number of carboxylic acids is 1. The lowest BCUT2D eigenvalue weighted by Crippen LogP contribution is -2.40. The molecular formula is C24H29F2NO3. The van der Waals surface area contributed by atoms with Crippen LogP contribution in [0.1, 0.15) is 41.0 Å². The van der Waals surface area contributed by atoms with E-state index >= 15 is 0 Å². The Balaban J connectivity index is 1.68. The summed E-state index contributed by atoms with van der Waals surface area (Å²) in [4.78, 5) is 13.4. The summed E-state index contributed by atoms with van der Waals surface area (Å²) in [6.07, 6.45) is 1.60. The molecule has 1 atom stereocenters. The third kappa shape index (κ3) is 5.64. The first-order valence-corrected chi connectivity index (χ1v) is 10.4. The lowest BCUT2D eigenvalue weighted by Gasteiger charge is -2.30. The van der Waals surface area contributed by atoms with E-state index in [1.165, 1.54) is 24.3 Å². The Hall–Kier alpha value is -2.31. The first-order chi connectivity index (χ1) is 14.3. The minimum Gasteiger partial charge on any atom is -0.481 e. The van der Waals surface area contributed by atoms with Crippen LogP contribution >= 0.6 is 0 Å². The molecule has 1 heterocycles. The van der Waals surface area contributed by atoms with Crippen LogP contribution in [-0.4, -0.2) is 48.8 Å². The van der Waals surface area contributed by atoms with E-state index in [1.807, 2.05) is 13.8 Å². The number of likely N-dealkylation sites (tertiary alicyclic amines) is 1. The smallest absolute Gasteiger partial charge is 0.307 e. The van der Waals surface area contributed by atoms with Gasteiger partial charge in [-0.3, -0.25) is 4.79 Å². The summed E-state index contributed by atoms with van der Waals surface area (Å²) in [6, 6.07) is 9.41. The molecule has 1 fully saturated rings. The average molecular weight is 417 g/mol. The number of halogens is 2. The van der Waals surface area contributed by atoms with Crippen LogP contribution < -0.4 is 0 Å². The highest BCUT2D eigenvalue weighted by atomic mass is 19.1. The molecule has 3 rings (SSSR count). The van der Waals surface area contributed by atoms with Gasteiger partial charge in [0, 0.05) is 19.0 Å². The lowest BCUT2D eigenvalue weighted by molar-refractivity contribution is -0.143. The Morgan fingerprint density at radius 1 is 1.13 bits per heavy atom. The summed E-state index contributed by atoms with van der Waals surface area (Å²) in [5, 5.41) is 9.23. The van der Waals surface area contributed by atoms with Gasteiger partial charge in [-0.25, -0.2) is 8.78 Å². The third-order valence-corrected chi connectivity index (χ3v) is 5.91. The Bertz CT molecular complexity index is 835. The van der Waals surface area contributed by atoms with Gasteiger partial charge >= 0.3 is 5.97 Å². The second-order valence-electron chi connectivity index (χ2n) is 8.11. The van der Waals surface area contributed by atoms with Crippen LogP contribution in [-0.2, 0) is 9.53 Å². The summed E-state index contributed by atoms with van der Waals surface area (Å²) in [5.74, 6) is -1.76. The van der Waals surface area contributed by atoms with Gasteiger partial charge in [0.1, 0.15) is 11.6 Å². The van der Waals surface area contributed by atoms with Crippen LogP contribution in [0.3, 0.4) is 0 Å². The molecule has 1 N–H and O–H groups in total. The fraction of sp³-hybridized carbons (Fsp3) is 0.458. The highest BCUT2D eigenvalue weighted by Crippen LogP contribution is 2.31. The predicted octanol–water partition coefficient (Wildman–Crippen LogP) is 4.53. The molecule has 1 aliphatic rings. The van der Waals surface area contributed by atoms with Crippen molar-refractivity contribution in [3.63, 3.8) is 0 Å². The van der Waals surface area contributed by atoms with Crippen LogP contribution in [0.5, 0.6) is 0 Å². The van der Waals surface area contributed by atoms with Gasteiger partial charge < -0.3 is 14.7 Å². The molecular weight excluding hydrogens is 388 g/mol. The zero-order valence-corrected chi connectivity index (χ0v) is 17.5. The molecule has 30 heavy (non-hydrogen) atoms. The third-order valence-electron chi connectivity index (χ3n) is 5.91. The highest BCUT2D eigenvalue weighted by Gasteiger charge is 2.25. The van der Waals surface area contributed by atoms with Crippen LogP contribution in [0.2, 0.25) is 0 Å². The van der Waals surface area contributed by atoms with Crippen molar-refractivity contribution >= 4 is 5.97 Å². The normalized spacial score (nSPS) is 17.4. The molecule has 0 radical (unpaired) electrons. The number of carbonyl (C=O) groups is 1. The summed E-state index contributed by atoms with van der Waals surface area (Å²) in [6.45, 7) is 6.69. The lowest BCUT2D eigenvalue weighted by atomic mass is 9.86. The van der Waals surface area contributed by atoms with E-state index in [2.05, 4.69) is 4.90 Å². The zero-order chi connectivity index (χ0) is 21.7. The minimum atomic E-state index is -0.737. The number of ether oxygens (including phenoxy) is 1. The van der Waals surface area contributed by atoms with Crippen molar-refractivity contribution in [2.24, 2.45) is 5.92 Å². The van der Waals surface area contributed by atoms with Crippen LogP contribution in [0, 0.1) is 31.4 Å². The number of nitrogens with zero attached hydrogens (tertiary/aromatic N) is 1. The Morgan fingerprint density at radius 3 is 2.27 bits per heavy atom. The fourth-order valence-corrected chi connectivity index (χ4v) is 4.26. The van der Waals surface area contributed by atoms with E-state index in [1.54, 1.807) is 12.1 Å². The molecule has 2 aromatic carbocycles. The van der Waals surface area contributed by atoms with Crippen molar-refractivity contribution in [3.8, 4) is 0 Å². The first kappa shape index (κ1) is 22.4. The number of carboxylic acid groups (broad SMARTS) is 1. The second-order valence-corrected chi connectivity index (χ2v) is 8.11. The van der Waals surface area contributed by atoms with Crippen LogP contribution in [0.25, 0.3) is 0 Å². The molecule has 0 aliphatic carbocycles. The van der Waals surface area contributed by atoms with Gasteiger partial charge in [0.15, 0.2) is 0 Å². The minimum absolute atomic E-state index is 0.140. The summed E-state index contributed by atoms with van der Waals surface area (Å²) < 4.78 is 33.2. The van der Waals surface area contributed by atoms with Gasteiger partial charge in [-0.15, -0.1) is 0 Å². The molecule has 0 amide bonds. The van der Waals surface area contributed by atoms with Crippen molar-refractivity contribution in [2.45, 2.75) is 32.6 Å². The maximum Gasteiger partial charge on any atom is 0.307 e. The van der Waals surface area contributed by atoms with Crippen molar-refractivity contribution in [1.29, 1.82) is 0 Å². The summed E-state index contributed by atoms with van der Waals surface area (Å²) in [5.41, 5.74) is 3.56. The van der Waals surface area contributed by atoms with E-state index in [-0.39, 0.29) is 23.5 Å². The van der Waals surface area contributed by atoms with Gasteiger partial charge in [-0.2, -0.15) is 0 Å². The highest BCUT2D eigenvalue weighted by molar-refractivity contribution is 5.70. The average Bonchev–Trinajstić information content (AvgIpc) is 2.70. The van der Waals surface area contributed by atoms with Crippen LogP contribution in [0.4, 0.5) is 8.78 Å². The number of hydrogen-bond acceptors (Lipinski definition) is 3. The number of benzene rings is 2. The molecule has 2 aromatic rings. The summed E-state index contributed by atoms with van der Waals surface area (Å²) >= 11 is 0. The maximum atomic E-state index is 13.6. The largest absolute Gasteiger partial charge is 0.481 e. The molecule has 0 saturated carbocycles. The number of rotatable bonds is 8. The van der Waals surface area contributed by atoms with Gasteiger partial charge in [0.2, 0.25) is 0 Å². The second kappa shape index (κ2) is 10.1. The summed E-state index contributed by atoms with van der Waals surface area (Å²) in [7, 11) is 0. The van der Waals surface area contributed by atoms with Crippen molar-refractivity contribution in [2.75, 3.05) is 32.8 Å². The molecule has 162 valence electrons. The van der Waals surface area contributed by atoms with E-state index in [0.29, 0.717) is 26.3 Å². The number of aryl methyl sites for hydroxylation is 2. The molecule has 6 heteroatoms. The molecule has 1 saturated heterocycles. The van der Waals surface area contributed by atoms with Crippen LogP contribution in [0.15, 0.2) is 36.4 Å². The molecule has 4 nitrogen and oxygen atoms in total. The quantitative estimate of drug-likeness (QED) is 0.642. The predicted molar refractivity (Wildman–Crippen MR) is 112 cm³/mol. The number of hydrogen-bond donors (Lipinski definition) is 1. The standard InChI is InChI=1S/C24H29F2NO3/c1-16-12-19(25)5-7-21(16)23(22-8-6-20(26)13-17(22)2)15-30-11-10-27-9-3-4-18(14-27)24(28)29/h5-8,12-13,18,23H,3-4,9-11,14-15H2,1-2H3,(H,28,29)/t18-/m1/s1. The van der Waals surface area contributed by atoms with Gasteiger partial charge in [-0.1, -0.05) is 12.1 Å². The van der Waals surface area contributed by atoms with Gasteiger partial charge in [-0.05, 0) is 79.8 Å². The van der Waals surface area contributed by atoms with E-state index in [0.717, 1.165) is 41.6 Å². The van der Waals surface area contributed by atoms with E-state index in [4.69, 9.17) is 4.74 Å². The topological polar surface area (TPSA) is 49.8 Å². The molecule has 0 spiro atoms. The van der Waals surface area contributed by atoms with E-state index in [9.17, 15) is 18.7 Å². The van der Waals surface area contributed by atoms with Crippen molar-refractivity contribution in [3.05, 3.63) is 70.3 Å². The zero-order valence-electron chi connectivity index (χ0n) is 17.5. The number of aliphatic carboxylic acids is 1. The van der Waals surface area contributed by atoms with Gasteiger partial charge in [0.25, 0.3) is 0 Å².